The van der Waals surface area contributed by atoms with Crippen LogP contribution in [0.25, 0.3) is 6.08 Å². The molecule has 0 bridgehead atoms. The predicted octanol–water partition coefficient (Wildman–Crippen LogP) is 5.42. The number of carbonyl (C=O) groups excluding carboxylic acids is 1. The Morgan fingerprint density at radius 2 is 1.69 bits per heavy atom. The van der Waals surface area contributed by atoms with Gasteiger partial charge in [-0.2, -0.15) is 0 Å². The second kappa shape index (κ2) is 9.46. The van der Waals surface area contributed by atoms with E-state index in [1.807, 2.05) is 12.1 Å². The number of thioether (sulfide) groups is 1. The van der Waals surface area contributed by atoms with Crippen molar-refractivity contribution in [3.63, 3.8) is 0 Å². The molecule has 3 rings (SSSR count). The number of anilines is 2. The first-order valence-corrected chi connectivity index (χ1v) is 11.1. The number of amides is 1. The van der Waals surface area contributed by atoms with E-state index in [1.54, 1.807) is 4.90 Å². The van der Waals surface area contributed by atoms with Crippen molar-refractivity contribution in [2.45, 2.75) is 27.7 Å². The molecule has 1 amide bonds. The van der Waals surface area contributed by atoms with E-state index < -0.39 is 0 Å². The Labute approximate surface area is 183 Å². The SMILES string of the molecule is CCN(CC)c1ccc(/C=C2/SC(=S)N(CNc3c(C)cccc3C)C2=O)cc1. The number of benzene rings is 2. The van der Waals surface area contributed by atoms with Gasteiger partial charge >= 0.3 is 0 Å². The van der Waals surface area contributed by atoms with Gasteiger partial charge in [0.1, 0.15) is 4.32 Å². The Morgan fingerprint density at radius 3 is 2.28 bits per heavy atom. The molecule has 1 N–H and O–H groups in total. The second-order valence-electron chi connectivity index (χ2n) is 6.98. The normalized spacial score (nSPS) is 15.3. The standard InChI is InChI=1S/C23H27N3OS2/c1-5-25(6-2)19-12-10-18(11-13-19)14-20-22(27)26(23(28)29-20)15-24-21-16(3)8-7-9-17(21)4/h7-14,24H,5-6,15H2,1-4H3/b20-14+. The van der Waals surface area contributed by atoms with Crippen LogP contribution in [-0.2, 0) is 4.79 Å². The van der Waals surface area contributed by atoms with Gasteiger partial charge in [-0.3, -0.25) is 9.69 Å². The van der Waals surface area contributed by atoms with Crippen LogP contribution < -0.4 is 10.2 Å². The van der Waals surface area contributed by atoms with E-state index in [4.69, 9.17) is 12.2 Å². The van der Waals surface area contributed by atoms with Crippen molar-refractivity contribution in [2.75, 3.05) is 30.0 Å². The zero-order chi connectivity index (χ0) is 21.0. The fourth-order valence-corrected chi connectivity index (χ4v) is 4.66. The minimum Gasteiger partial charge on any atom is -0.372 e. The Kier molecular flexibility index (Phi) is 6.98. The lowest BCUT2D eigenvalue weighted by Crippen LogP contribution is -2.33. The number of nitrogens with zero attached hydrogens (tertiary/aromatic N) is 2. The molecule has 29 heavy (non-hydrogen) atoms. The molecule has 2 aromatic rings. The van der Waals surface area contributed by atoms with Crippen LogP contribution in [0.1, 0.15) is 30.5 Å². The minimum atomic E-state index is -0.0495. The van der Waals surface area contributed by atoms with Gasteiger partial charge in [-0.1, -0.05) is 54.3 Å². The molecular weight excluding hydrogens is 398 g/mol. The summed E-state index contributed by atoms with van der Waals surface area (Å²) in [4.78, 5) is 17.5. The number of thiocarbonyl (C=S) groups is 1. The molecular formula is C23H27N3OS2. The Morgan fingerprint density at radius 1 is 1.07 bits per heavy atom. The highest BCUT2D eigenvalue weighted by Gasteiger charge is 2.31. The van der Waals surface area contributed by atoms with Crippen LogP contribution in [0.2, 0.25) is 0 Å². The highest BCUT2D eigenvalue weighted by molar-refractivity contribution is 8.26. The molecule has 4 nitrogen and oxygen atoms in total. The molecule has 0 spiro atoms. The molecule has 6 heteroatoms. The molecule has 1 aliphatic heterocycles. The lowest BCUT2D eigenvalue weighted by Gasteiger charge is -2.20. The number of para-hydroxylation sites is 1. The number of nitrogens with one attached hydrogen (secondary N) is 1. The number of carbonyl (C=O) groups is 1. The van der Waals surface area contributed by atoms with Crippen molar-refractivity contribution in [3.05, 3.63) is 64.1 Å². The topological polar surface area (TPSA) is 35.6 Å². The van der Waals surface area contributed by atoms with Gasteiger partial charge in [-0.25, -0.2) is 0 Å². The van der Waals surface area contributed by atoms with E-state index >= 15 is 0 Å². The summed E-state index contributed by atoms with van der Waals surface area (Å²) in [5, 5.41) is 3.37. The summed E-state index contributed by atoms with van der Waals surface area (Å²) in [5.41, 5.74) is 5.55. The van der Waals surface area contributed by atoms with E-state index in [1.165, 1.54) is 17.4 Å². The summed E-state index contributed by atoms with van der Waals surface area (Å²) < 4.78 is 0.583. The maximum atomic E-state index is 12.9. The maximum Gasteiger partial charge on any atom is 0.267 e. The first kappa shape index (κ1) is 21.4. The fraction of sp³-hybridized carbons (Fsp3) is 0.304. The lowest BCUT2D eigenvalue weighted by atomic mass is 10.1. The van der Waals surface area contributed by atoms with Crippen molar-refractivity contribution >= 4 is 51.7 Å². The zero-order valence-corrected chi connectivity index (χ0v) is 19.0. The fourth-order valence-electron chi connectivity index (χ4n) is 3.41. The highest BCUT2D eigenvalue weighted by atomic mass is 32.2. The van der Waals surface area contributed by atoms with E-state index in [0.717, 1.165) is 35.5 Å². The van der Waals surface area contributed by atoms with Gasteiger partial charge in [0.2, 0.25) is 0 Å². The van der Waals surface area contributed by atoms with Crippen molar-refractivity contribution < 1.29 is 4.79 Å². The predicted molar refractivity (Wildman–Crippen MR) is 129 cm³/mol. The number of aryl methyl sites for hydroxylation is 2. The summed E-state index contributed by atoms with van der Waals surface area (Å²) in [6.07, 6.45) is 1.92. The Balaban J connectivity index is 1.71. The van der Waals surface area contributed by atoms with Gasteiger partial charge in [-0.05, 0) is 62.6 Å². The molecule has 0 unspecified atom stereocenters. The van der Waals surface area contributed by atoms with Gasteiger partial charge < -0.3 is 10.2 Å². The van der Waals surface area contributed by atoms with Crippen LogP contribution in [-0.4, -0.2) is 34.9 Å². The van der Waals surface area contributed by atoms with E-state index in [0.29, 0.717) is 15.9 Å². The van der Waals surface area contributed by atoms with E-state index in [2.05, 4.69) is 74.3 Å². The molecule has 0 radical (unpaired) electrons. The third-order valence-corrected chi connectivity index (χ3v) is 6.47. The van der Waals surface area contributed by atoms with Gasteiger partial charge in [-0.15, -0.1) is 0 Å². The van der Waals surface area contributed by atoms with Crippen LogP contribution in [0.4, 0.5) is 11.4 Å². The van der Waals surface area contributed by atoms with Crippen LogP contribution >= 0.6 is 24.0 Å². The summed E-state index contributed by atoms with van der Waals surface area (Å²) in [7, 11) is 0. The van der Waals surface area contributed by atoms with Crippen molar-refractivity contribution in [1.29, 1.82) is 0 Å². The third kappa shape index (κ3) is 4.82. The Hall–Kier alpha value is -2.31. The van der Waals surface area contributed by atoms with Gasteiger partial charge in [0.15, 0.2) is 0 Å². The monoisotopic (exact) mass is 425 g/mol. The summed E-state index contributed by atoms with van der Waals surface area (Å²) in [6.45, 7) is 10.7. The first-order chi connectivity index (χ1) is 13.9. The molecule has 0 aliphatic carbocycles. The van der Waals surface area contributed by atoms with Crippen LogP contribution in [0.15, 0.2) is 47.4 Å². The smallest absolute Gasteiger partial charge is 0.267 e. The number of rotatable bonds is 7. The van der Waals surface area contributed by atoms with Crippen molar-refractivity contribution in [1.82, 2.24) is 4.90 Å². The average molecular weight is 426 g/mol. The Bertz CT molecular complexity index is 913. The summed E-state index contributed by atoms with van der Waals surface area (Å²) >= 11 is 6.82. The summed E-state index contributed by atoms with van der Waals surface area (Å²) in [5.74, 6) is -0.0495. The molecule has 0 atom stereocenters. The quantitative estimate of drug-likeness (QED) is 0.473. The lowest BCUT2D eigenvalue weighted by molar-refractivity contribution is -0.121. The van der Waals surface area contributed by atoms with Gasteiger partial charge in [0.25, 0.3) is 5.91 Å². The molecule has 0 aromatic heterocycles. The van der Waals surface area contributed by atoms with E-state index in [9.17, 15) is 4.79 Å². The van der Waals surface area contributed by atoms with E-state index in [-0.39, 0.29) is 5.91 Å². The van der Waals surface area contributed by atoms with Gasteiger partial charge in [0, 0.05) is 24.5 Å². The molecule has 1 fully saturated rings. The largest absolute Gasteiger partial charge is 0.372 e. The molecule has 1 saturated heterocycles. The highest BCUT2D eigenvalue weighted by Crippen LogP contribution is 2.33. The minimum absolute atomic E-state index is 0.0495. The molecule has 1 heterocycles. The molecule has 2 aromatic carbocycles. The van der Waals surface area contributed by atoms with Crippen LogP contribution in [0, 0.1) is 13.8 Å². The van der Waals surface area contributed by atoms with Crippen LogP contribution in [0.5, 0.6) is 0 Å². The molecule has 1 aliphatic rings. The summed E-state index contributed by atoms with van der Waals surface area (Å²) in [6, 6.07) is 14.4. The maximum absolute atomic E-state index is 12.9. The van der Waals surface area contributed by atoms with Crippen LogP contribution in [0.3, 0.4) is 0 Å². The third-order valence-electron chi connectivity index (χ3n) is 5.09. The van der Waals surface area contributed by atoms with Crippen molar-refractivity contribution in [2.24, 2.45) is 0 Å². The second-order valence-corrected chi connectivity index (χ2v) is 8.65. The zero-order valence-electron chi connectivity index (χ0n) is 17.4. The average Bonchev–Trinajstić information content (AvgIpc) is 2.97. The number of hydrogen-bond donors (Lipinski definition) is 1. The first-order valence-electron chi connectivity index (χ1n) is 9.85. The van der Waals surface area contributed by atoms with Crippen molar-refractivity contribution in [3.8, 4) is 0 Å². The number of hydrogen-bond acceptors (Lipinski definition) is 5. The molecule has 152 valence electrons. The molecule has 0 saturated carbocycles. The van der Waals surface area contributed by atoms with Gasteiger partial charge in [0.05, 0.1) is 11.6 Å².